The smallest absolute Gasteiger partial charge is 0.260 e. The molecule has 5 heteroatoms. The third kappa shape index (κ3) is 5.33. The third-order valence-corrected chi connectivity index (χ3v) is 4.98. The molecule has 1 heterocycles. The zero-order chi connectivity index (χ0) is 19.1. The molecule has 0 saturated carbocycles. The number of piperidine rings is 1. The number of carbonyl (C=O) groups excluding carboxylic acids is 2. The van der Waals surface area contributed by atoms with Gasteiger partial charge in [-0.15, -0.1) is 0 Å². The van der Waals surface area contributed by atoms with E-state index in [-0.39, 0.29) is 30.4 Å². The van der Waals surface area contributed by atoms with Crippen molar-refractivity contribution in [1.82, 2.24) is 10.2 Å². The lowest BCUT2D eigenvalue weighted by molar-refractivity contribution is -0.137. The summed E-state index contributed by atoms with van der Waals surface area (Å²) in [5, 5.41) is 3.09. The molecule has 1 unspecified atom stereocenters. The molecule has 1 N–H and O–H groups in total. The maximum atomic E-state index is 12.5. The lowest BCUT2D eigenvalue weighted by atomic mass is 9.95. The van der Waals surface area contributed by atoms with Crippen molar-refractivity contribution in [1.29, 1.82) is 0 Å². The molecule has 1 aliphatic heterocycles. The summed E-state index contributed by atoms with van der Waals surface area (Å²) in [4.78, 5) is 26.6. The molecule has 1 fully saturated rings. The van der Waals surface area contributed by atoms with Gasteiger partial charge in [0, 0.05) is 19.0 Å². The fourth-order valence-electron chi connectivity index (χ4n) is 3.30. The summed E-state index contributed by atoms with van der Waals surface area (Å²) < 4.78 is 5.53. The van der Waals surface area contributed by atoms with Crippen LogP contribution in [0.3, 0.4) is 0 Å². The highest BCUT2D eigenvalue weighted by Gasteiger charge is 2.28. The van der Waals surface area contributed by atoms with Crippen molar-refractivity contribution in [3.63, 3.8) is 0 Å². The van der Waals surface area contributed by atoms with Crippen molar-refractivity contribution >= 4 is 11.8 Å². The Balaban J connectivity index is 1.42. The molecule has 27 heavy (non-hydrogen) atoms. The van der Waals surface area contributed by atoms with Gasteiger partial charge in [0.25, 0.3) is 5.91 Å². The summed E-state index contributed by atoms with van der Waals surface area (Å²) in [5.74, 6) is 0.680. The summed E-state index contributed by atoms with van der Waals surface area (Å²) in [5.41, 5.74) is 1.09. The van der Waals surface area contributed by atoms with Crippen LogP contribution in [-0.4, -0.2) is 36.4 Å². The van der Waals surface area contributed by atoms with Crippen LogP contribution in [-0.2, 0) is 9.59 Å². The van der Waals surface area contributed by atoms with E-state index in [1.54, 1.807) is 4.90 Å². The van der Waals surface area contributed by atoms with Gasteiger partial charge >= 0.3 is 0 Å². The number of nitrogens with zero attached hydrogens (tertiary/aromatic N) is 1. The molecule has 0 bridgehead atoms. The van der Waals surface area contributed by atoms with Crippen molar-refractivity contribution in [3.05, 3.63) is 66.2 Å². The number of rotatable bonds is 6. The van der Waals surface area contributed by atoms with Gasteiger partial charge in [0.15, 0.2) is 6.61 Å². The third-order valence-electron chi connectivity index (χ3n) is 4.98. The Labute approximate surface area is 160 Å². The van der Waals surface area contributed by atoms with Gasteiger partial charge in [0.1, 0.15) is 5.75 Å². The van der Waals surface area contributed by atoms with Gasteiger partial charge in [0.2, 0.25) is 5.91 Å². The first-order valence-corrected chi connectivity index (χ1v) is 9.44. The molecule has 0 aliphatic carbocycles. The van der Waals surface area contributed by atoms with E-state index in [1.165, 1.54) is 0 Å². The first-order chi connectivity index (χ1) is 13.1. The van der Waals surface area contributed by atoms with E-state index in [9.17, 15) is 9.59 Å². The first-order valence-electron chi connectivity index (χ1n) is 9.44. The summed E-state index contributed by atoms with van der Waals surface area (Å²) in [7, 11) is 0. The van der Waals surface area contributed by atoms with E-state index in [1.807, 2.05) is 67.6 Å². The number of benzene rings is 2. The number of likely N-dealkylation sites (tertiary alicyclic amines) is 1. The number of carbonyl (C=O) groups is 2. The SMILES string of the molecule is CC(NC(=O)C1CCN(C(=O)COc2ccccc2)CC1)c1ccccc1. The number of hydrogen-bond donors (Lipinski definition) is 1. The van der Waals surface area contributed by atoms with Gasteiger partial charge < -0.3 is 15.0 Å². The minimum Gasteiger partial charge on any atom is -0.484 e. The molecule has 1 saturated heterocycles. The van der Waals surface area contributed by atoms with E-state index < -0.39 is 0 Å². The van der Waals surface area contributed by atoms with Crippen LogP contribution in [0.1, 0.15) is 31.4 Å². The molecule has 2 amide bonds. The molecule has 1 atom stereocenters. The number of para-hydroxylation sites is 1. The summed E-state index contributed by atoms with van der Waals surface area (Å²) >= 11 is 0. The Morgan fingerprint density at radius 3 is 2.26 bits per heavy atom. The summed E-state index contributed by atoms with van der Waals surface area (Å²) in [6.07, 6.45) is 1.37. The molecule has 0 radical (unpaired) electrons. The Kier molecular flexibility index (Phi) is 6.47. The zero-order valence-corrected chi connectivity index (χ0v) is 15.6. The highest BCUT2D eigenvalue weighted by Crippen LogP contribution is 2.20. The predicted octanol–water partition coefficient (Wildman–Crippen LogP) is 3.18. The quantitative estimate of drug-likeness (QED) is 0.854. The van der Waals surface area contributed by atoms with Crippen molar-refractivity contribution in [2.45, 2.75) is 25.8 Å². The van der Waals surface area contributed by atoms with Crippen molar-refractivity contribution in [3.8, 4) is 5.75 Å². The molecule has 2 aromatic rings. The minimum absolute atomic E-state index is 0.0161. The van der Waals surface area contributed by atoms with Gasteiger partial charge in [-0.3, -0.25) is 9.59 Å². The Morgan fingerprint density at radius 1 is 1.04 bits per heavy atom. The predicted molar refractivity (Wildman–Crippen MR) is 104 cm³/mol. The molecular weight excluding hydrogens is 340 g/mol. The van der Waals surface area contributed by atoms with Gasteiger partial charge in [-0.05, 0) is 37.5 Å². The zero-order valence-electron chi connectivity index (χ0n) is 15.6. The second kappa shape index (κ2) is 9.21. The molecule has 2 aromatic carbocycles. The fourth-order valence-corrected chi connectivity index (χ4v) is 3.30. The van der Waals surface area contributed by atoms with Crippen molar-refractivity contribution in [2.75, 3.05) is 19.7 Å². The maximum absolute atomic E-state index is 12.5. The molecular formula is C22H26N2O3. The summed E-state index contributed by atoms with van der Waals surface area (Å²) in [6.45, 7) is 3.21. The average Bonchev–Trinajstić information content (AvgIpc) is 2.73. The first kappa shape index (κ1) is 19.0. The van der Waals surface area contributed by atoms with Crippen LogP contribution in [0.4, 0.5) is 0 Å². The van der Waals surface area contributed by atoms with Gasteiger partial charge in [-0.1, -0.05) is 48.5 Å². The molecule has 1 aliphatic rings. The van der Waals surface area contributed by atoms with Crippen LogP contribution in [0, 0.1) is 5.92 Å². The van der Waals surface area contributed by atoms with Crippen molar-refractivity contribution < 1.29 is 14.3 Å². The Bertz CT molecular complexity index is 741. The topological polar surface area (TPSA) is 58.6 Å². The molecule has 0 aromatic heterocycles. The molecule has 0 spiro atoms. The largest absolute Gasteiger partial charge is 0.484 e. The fraction of sp³-hybridized carbons (Fsp3) is 0.364. The molecule has 142 valence electrons. The summed E-state index contributed by atoms with van der Waals surface area (Å²) in [6, 6.07) is 19.2. The lowest BCUT2D eigenvalue weighted by Gasteiger charge is -2.32. The van der Waals surface area contributed by atoms with E-state index in [4.69, 9.17) is 4.74 Å². The molecule has 3 rings (SSSR count). The van der Waals surface area contributed by atoms with Gasteiger partial charge in [0.05, 0.1) is 6.04 Å². The Morgan fingerprint density at radius 2 is 1.63 bits per heavy atom. The highest BCUT2D eigenvalue weighted by atomic mass is 16.5. The van der Waals surface area contributed by atoms with Gasteiger partial charge in [-0.25, -0.2) is 0 Å². The van der Waals surface area contributed by atoms with Crippen LogP contribution in [0.25, 0.3) is 0 Å². The van der Waals surface area contributed by atoms with Crippen LogP contribution >= 0.6 is 0 Å². The maximum Gasteiger partial charge on any atom is 0.260 e. The second-order valence-electron chi connectivity index (χ2n) is 6.90. The average molecular weight is 366 g/mol. The number of hydrogen-bond acceptors (Lipinski definition) is 3. The minimum atomic E-state index is -0.0461. The van der Waals surface area contributed by atoms with Crippen LogP contribution in [0.2, 0.25) is 0 Å². The van der Waals surface area contributed by atoms with E-state index in [2.05, 4.69) is 5.32 Å². The van der Waals surface area contributed by atoms with Crippen LogP contribution in [0.5, 0.6) is 5.75 Å². The lowest BCUT2D eigenvalue weighted by Crippen LogP contribution is -2.44. The number of nitrogens with one attached hydrogen (secondary N) is 1. The van der Waals surface area contributed by atoms with E-state index in [0.29, 0.717) is 31.7 Å². The van der Waals surface area contributed by atoms with Gasteiger partial charge in [-0.2, -0.15) is 0 Å². The molecule has 5 nitrogen and oxygen atoms in total. The van der Waals surface area contributed by atoms with Crippen LogP contribution in [0.15, 0.2) is 60.7 Å². The normalized spacial score (nSPS) is 15.8. The van der Waals surface area contributed by atoms with Crippen molar-refractivity contribution in [2.24, 2.45) is 5.92 Å². The standard InChI is InChI=1S/C22H26N2O3/c1-17(18-8-4-2-5-9-18)23-22(26)19-12-14-24(15-13-19)21(25)16-27-20-10-6-3-7-11-20/h2-11,17,19H,12-16H2,1H3,(H,23,26). The second-order valence-corrected chi connectivity index (χ2v) is 6.90. The van der Waals surface area contributed by atoms with E-state index >= 15 is 0 Å². The van der Waals surface area contributed by atoms with E-state index in [0.717, 1.165) is 5.56 Å². The number of ether oxygens (including phenoxy) is 1. The highest BCUT2D eigenvalue weighted by molar-refractivity contribution is 5.81. The number of amides is 2. The monoisotopic (exact) mass is 366 g/mol. The van der Waals surface area contributed by atoms with Crippen LogP contribution < -0.4 is 10.1 Å². The Hall–Kier alpha value is -2.82.